The third-order valence-electron chi connectivity index (χ3n) is 4.37. The number of hydrogen-bond donors (Lipinski definition) is 2. The molecule has 3 N–H and O–H groups in total. The average Bonchev–Trinajstić information content (AvgIpc) is 2.63. The molecule has 20 heavy (non-hydrogen) atoms. The zero-order chi connectivity index (χ0) is 14.6. The Balaban J connectivity index is 1.92. The lowest BCUT2D eigenvalue weighted by Crippen LogP contribution is -2.51. The first-order valence-corrected chi connectivity index (χ1v) is 7.52. The molecule has 2 saturated heterocycles. The summed E-state index contributed by atoms with van der Waals surface area (Å²) in [5.41, 5.74) is 4.97. The minimum Gasteiger partial charge on any atom is -0.369 e. The van der Waals surface area contributed by atoms with Gasteiger partial charge in [0.05, 0.1) is 12.0 Å². The highest BCUT2D eigenvalue weighted by Crippen LogP contribution is 2.28. The van der Waals surface area contributed by atoms with E-state index in [1.807, 2.05) is 9.80 Å². The third kappa shape index (κ3) is 3.70. The highest BCUT2D eigenvalue weighted by atomic mass is 16.2. The van der Waals surface area contributed by atoms with E-state index in [4.69, 9.17) is 5.73 Å². The molecule has 0 saturated carbocycles. The number of carbonyl (C=O) groups is 2. The SMILES string of the molecule is CC1(C(=O)N2CCCN(CC(N)=O)CC2)CCCNC1. The maximum atomic E-state index is 12.7. The van der Waals surface area contributed by atoms with Crippen molar-refractivity contribution in [3.8, 4) is 0 Å². The lowest BCUT2D eigenvalue weighted by molar-refractivity contribution is -0.142. The van der Waals surface area contributed by atoms with Gasteiger partial charge in [-0.1, -0.05) is 0 Å². The summed E-state index contributed by atoms with van der Waals surface area (Å²) in [6.07, 6.45) is 2.92. The fraction of sp³-hybridized carbons (Fsp3) is 0.857. The fourth-order valence-electron chi connectivity index (χ4n) is 3.17. The summed E-state index contributed by atoms with van der Waals surface area (Å²) in [6.45, 7) is 7.18. The lowest BCUT2D eigenvalue weighted by Gasteiger charge is -2.37. The van der Waals surface area contributed by atoms with Crippen LogP contribution in [0.15, 0.2) is 0 Å². The molecule has 1 unspecified atom stereocenters. The molecule has 0 aliphatic carbocycles. The number of primary amides is 1. The number of nitrogens with zero attached hydrogens (tertiary/aromatic N) is 2. The number of nitrogens with one attached hydrogen (secondary N) is 1. The maximum absolute atomic E-state index is 12.7. The van der Waals surface area contributed by atoms with E-state index in [1.165, 1.54) is 0 Å². The van der Waals surface area contributed by atoms with Crippen molar-refractivity contribution < 1.29 is 9.59 Å². The van der Waals surface area contributed by atoms with Crippen LogP contribution in [-0.2, 0) is 9.59 Å². The van der Waals surface area contributed by atoms with E-state index < -0.39 is 0 Å². The van der Waals surface area contributed by atoms with Crippen LogP contribution in [-0.4, -0.2) is 67.4 Å². The van der Waals surface area contributed by atoms with Gasteiger partial charge in [-0.3, -0.25) is 14.5 Å². The molecule has 2 aliphatic heterocycles. The van der Waals surface area contributed by atoms with Gasteiger partial charge in [0.1, 0.15) is 0 Å². The average molecular weight is 282 g/mol. The number of rotatable bonds is 3. The predicted molar refractivity (Wildman–Crippen MR) is 77.0 cm³/mol. The van der Waals surface area contributed by atoms with Crippen molar-refractivity contribution >= 4 is 11.8 Å². The van der Waals surface area contributed by atoms with Crippen molar-refractivity contribution in [2.75, 3.05) is 45.8 Å². The zero-order valence-electron chi connectivity index (χ0n) is 12.4. The quantitative estimate of drug-likeness (QED) is 0.724. The molecule has 2 fully saturated rings. The van der Waals surface area contributed by atoms with Gasteiger partial charge in [0, 0.05) is 32.7 Å². The lowest BCUT2D eigenvalue weighted by atomic mass is 9.81. The van der Waals surface area contributed by atoms with Gasteiger partial charge in [0.25, 0.3) is 0 Å². The van der Waals surface area contributed by atoms with E-state index in [9.17, 15) is 9.59 Å². The molecule has 0 aromatic rings. The zero-order valence-corrected chi connectivity index (χ0v) is 12.4. The Hall–Kier alpha value is -1.14. The monoisotopic (exact) mass is 282 g/mol. The van der Waals surface area contributed by atoms with Gasteiger partial charge < -0.3 is 16.0 Å². The Morgan fingerprint density at radius 3 is 2.65 bits per heavy atom. The van der Waals surface area contributed by atoms with Crippen LogP contribution in [0.2, 0.25) is 0 Å². The highest BCUT2D eigenvalue weighted by Gasteiger charge is 2.38. The molecule has 0 spiro atoms. The summed E-state index contributed by atoms with van der Waals surface area (Å²) in [4.78, 5) is 27.7. The van der Waals surface area contributed by atoms with Crippen molar-refractivity contribution in [1.82, 2.24) is 15.1 Å². The molecule has 1 atom stereocenters. The van der Waals surface area contributed by atoms with E-state index in [1.54, 1.807) is 0 Å². The van der Waals surface area contributed by atoms with Gasteiger partial charge in [0.15, 0.2) is 0 Å². The first-order valence-electron chi connectivity index (χ1n) is 7.52. The van der Waals surface area contributed by atoms with Gasteiger partial charge in [0.2, 0.25) is 11.8 Å². The minimum absolute atomic E-state index is 0.255. The largest absolute Gasteiger partial charge is 0.369 e. The standard InChI is InChI=1S/C14H26N4O2/c1-14(4-2-5-16-11-14)13(20)18-7-3-6-17(8-9-18)10-12(15)19/h16H,2-11H2,1H3,(H2,15,19). The first-order chi connectivity index (χ1) is 9.51. The van der Waals surface area contributed by atoms with Crippen molar-refractivity contribution in [3.63, 3.8) is 0 Å². The van der Waals surface area contributed by atoms with Crippen molar-refractivity contribution in [1.29, 1.82) is 0 Å². The Labute approximate surface area is 120 Å². The van der Waals surface area contributed by atoms with Crippen molar-refractivity contribution in [3.05, 3.63) is 0 Å². The topological polar surface area (TPSA) is 78.7 Å². The summed E-state index contributed by atoms with van der Waals surface area (Å²) in [5, 5.41) is 3.33. The summed E-state index contributed by atoms with van der Waals surface area (Å²) in [7, 11) is 0. The summed E-state index contributed by atoms with van der Waals surface area (Å²) in [6, 6.07) is 0. The van der Waals surface area contributed by atoms with E-state index in [0.717, 1.165) is 52.0 Å². The van der Waals surface area contributed by atoms with E-state index in [0.29, 0.717) is 13.1 Å². The molecule has 2 rings (SSSR count). The number of amides is 2. The van der Waals surface area contributed by atoms with Gasteiger partial charge in [-0.2, -0.15) is 0 Å². The molecule has 0 bridgehead atoms. The number of hydrogen-bond acceptors (Lipinski definition) is 4. The summed E-state index contributed by atoms with van der Waals surface area (Å²) >= 11 is 0. The second-order valence-electron chi connectivity index (χ2n) is 6.23. The number of piperidine rings is 1. The third-order valence-corrected chi connectivity index (χ3v) is 4.37. The molecule has 0 radical (unpaired) electrons. The molecule has 6 heteroatoms. The van der Waals surface area contributed by atoms with Crippen LogP contribution in [0.4, 0.5) is 0 Å². The van der Waals surface area contributed by atoms with Crippen LogP contribution in [0.1, 0.15) is 26.2 Å². The molecule has 2 aliphatic rings. The molecule has 0 aromatic heterocycles. The smallest absolute Gasteiger partial charge is 0.231 e. The van der Waals surface area contributed by atoms with Crippen LogP contribution in [0.25, 0.3) is 0 Å². The number of nitrogens with two attached hydrogens (primary N) is 1. The van der Waals surface area contributed by atoms with Gasteiger partial charge in [-0.05, 0) is 32.7 Å². The highest BCUT2D eigenvalue weighted by molar-refractivity contribution is 5.83. The summed E-state index contributed by atoms with van der Waals surface area (Å²) in [5.74, 6) is -0.0427. The van der Waals surface area contributed by atoms with Gasteiger partial charge in [-0.25, -0.2) is 0 Å². The van der Waals surface area contributed by atoms with Crippen LogP contribution >= 0.6 is 0 Å². The molecule has 114 valence electrons. The molecule has 0 aromatic carbocycles. The second-order valence-corrected chi connectivity index (χ2v) is 6.23. The maximum Gasteiger partial charge on any atom is 0.231 e. The number of carbonyl (C=O) groups excluding carboxylic acids is 2. The van der Waals surface area contributed by atoms with Crippen molar-refractivity contribution in [2.24, 2.45) is 11.1 Å². The van der Waals surface area contributed by atoms with E-state index in [-0.39, 0.29) is 17.2 Å². The molecular weight excluding hydrogens is 256 g/mol. The molecule has 6 nitrogen and oxygen atoms in total. The second kappa shape index (κ2) is 6.54. The Kier molecular flexibility index (Phi) is 4.99. The van der Waals surface area contributed by atoms with E-state index >= 15 is 0 Å². The Morgan fingerprint density at radius 1 is 1.20 bits per heavy atom. The first kappa shape index (κ1) is 15.3. The van der Waals surface area contributed by atoms with Gasteiger partial charge in [-0.15, -0.1) is 0 Å². The van der Waals surface area contributed by atoms with Crippen LogP contribution < -0.4 is 11.1 Å². The summed E-state index contributed by atoms with van der Waals surface area (Å²) < 4.78 is 0. The van der Waals surface area contributed by atoms with Crippen molar-refractivity contribution in [2.45, 2.75) is 26.2 Å². The van der Waals surface area contributed by atoms with Gasteiger partial charge >= 0.3 is 0 Å². The predicted octanol–water partition coefficient (Wildman–Crippen LogP) is -0.604. The van der Waals surface area contributed by atoms with Crippen LogP contribution in [0, 0.1) is 5.41 Å². The Morgan fingerprint density at radius 2 is 2.00 bits per heavy atom. The van der Waals surface area contributed by atoms with E-state index in [2.05, 4.69) is 12.2 Å². The van der Waals surface area contributed by atoms with Crippen LogP contribution in [0.5, 0.6) is 0 Å². The molecule has 2 heterocycles. The molecular formula is C14H26N4O2. The Bertz CT molecular complexity index is 366. The normalized spacial score (nSPS) is 28.9. The van der Waals surface area contributed by atoms with Crippen LogP contribution in [0.3, 0.4) is 0 Å². The minimum atomic E-state index is -0.298. The fourth-order valence-corrected chi connectivity index (χ4v) is 3.17. The molecule has 2 amide bonds.